The molecule has 8 nitrogen and oxygen atoms in total. The fourth-order valence-electron chi connectivity index (χ4n) is 4.10. The molecule has 2 heterocycles. The molecule has 1 aliphatic heterocycles. The van der Waals surface area contributed by atoms with Crippen molar-refractivity contribution in [1.82, 2.24) is 14.9 Å². The second-order valence-corrected chi connectivity index (χ2v) is 7.82. The van der Waals surface area contributed by atoms with Crippen molar-refractivity contribution < 1.29 is 9.53 Å². The van der Waals surface area contributed by atoms with Crippen LogP contribution in [0, 0.1) is 18.3 Å². The molecule has 0 aliphatic carbocycles. The number of H-pyrrole nitrogens is 1. The molecule has 0 bridgehead atoms. The van der Waals surface area contributed by atoms with Crippen LogP contribution in [0.4, 0.5) is 5.69 Å². The zero-order valence-corrected chi connectivity index (χ0v) is 17.8. The lowest BCUT2D eigenvalue weighted by Gasteiger charge is -2.26. The van der Waals surface area contributed by atoms with Crippen LogP contribution in [0.25, 0.3) is 11.0 Å². The van der Waals surface area contributed by atoms with E-state index in [1.54, 1.807) is 7.11 Å². The van der Waals surface area contributed by atoms with Gasteiger partial charge in [-0.1, -0.05) is 18.6 Å². The second kappa shape index (κ2) is 8.59. The van der Waals surface area contributed by atoms with Gasteiger partial charge in [-0.05, 0) is 43.5 Å². The van der Waals surface area contributed by atoms with E-state index in [1.807, 2.05) is 48.2 Å². The highest BCUT2D eigenvalue weighted by molar-refractivity contribution is 6.14. The standard InChI is InChI=1S/C23H26N6O2/c1-14-4-6-18(28-25-10-9-24)17(12-14)23(30)29-11-8-15(2)21(29)22-26-19-7-5-16(31-3)13-20(19)27-22/h4-7,9-10,12-13,15,21,24,28H,8,11H2,1-3H3,(H,26,27)/b24-9?,25-10-. The summed E-state index contributed by atoms with van der Waals surface area (Å²) in [4.78, 5) is 23.7. The summed E-state index contributed by atoms with van der Waals surface area (Å²) in [6.07, 6.45) is 3.31. The van der Waals surface area contributed by atoms with E-state index >= 15 is 0 Å². The number of hydrazone groups is 1. The van der Waals surface area contributed by atoms with Crippen LogP contribution in [0.3, 0.4) is 0 Å². The fourth-order valence-corrected chi connectivity index (χ4v) is 4.10. The normalized spacial score (nSPS) is 18.6. The minimum atomic E-state index is -0.149. The molecule has 8 heteroatoms. The van der Waals surface area contributed by atoms with Gasteiger partial charge in [0, 0.05) is 18.8 Å². The van der Waals surface area contributed by atoms with Crippen molar-refractivity contribution in [1.29, 1.82) is 5.41 Å². The molecular weight excluding hydrogens is 392 g/mol. The molecule has 2 aromatic carbocycles. The van der Waals surface area contributed by atoms with Crippen molar-refractivity contribution in [3.05, 3.63) is 53.3 Å². The van der Waals surface area contributed by atoms with Gasteiger partial charge < -0.3 is 20.0 Å². The number of amides is 1. The van der Waals surface area contributed by atoms with Gasteiger partial charge in [-0.25, -0.2) is 4.98 Å². The third-order valence-electron chi connectivity index (χ3n) is 5.69. The largest absolute Gasteiger partial charge is 0.497 e. The minimum absolute atomic E-state index is 0.0661. The van der Waals surface area contributed by atoms with Crippen LogP contribution in [0.15, 0.2) is 41.5 Å². The first-order chi connectivity index (χ1) is 15.0. The molecule has 0 spiro atoms. The van der Waals surface area contributed by atoms with Crippen LogP contribution >= 0.6 is 0 Å². The van der Waals surface area contributed by atoms with Gasteiger partial charge in [0.15, 0.2) is 0 Å². The average Bonchev–Trinajstić information content (AvgIpc) is 3.36. The first-order valence-corrected chi connectivity index (χ1v) is 10.2. The number of carbonyl (C=O) groups excluding carboxylic acids is 1. The Balaban J connectivity index is 1.69. The number of fused-ring (bicyclic) bond motifs is 1. The Hall–Kier alpha value is -3.68. The molecule has 0 saturated carbocycles. The van der Waals surface area contributed by atoms with E-state index in [0.717, 1.165) is 40.8 Å². The van der Waals surface area contributed by atoms with Gasteiger partial charge in [-0.2, -0.15) is 5.10 Å². The van der Waals surface area contributed by atoms with Crippen LogP contribution < -0.4 is 10.2 Å². The third kappa shape index (κ3) is 4.01. The van der Waals surface area contributed by atoms with Crippen LogP contribution in [0.5, 0.6) is 5.75 Å². The van der Waals surface area contributed by atoms with E-state index in [1.165, 1.54) is 6.21 Å². The lowest BCUT2D eigenvalue weighted by Crippen LogP contribution is -2.33. The molecule has 4 rings (SSSR count). The number of hydrogen-bond acceptors (Lipinski definition) is 6. The highest BCUT2D eigenvalue weighted by atomic mass is 16.5. The van der Waals surface area contributed by atoms with Gasteiger partial charge in [0.1, 0.15) is 11.6 Å². The summed E-state index contributed by atoms with van der Waals surface area (Å²) < 4.78 is 5.32. The van der Waals surface area contributed by atoms with Crippen molar-refractivity contribution in [2.75, 3.05) is 19.1 Å². The van der Waals surface area contributed by atoms with Crippen molar-refractivity contribution in [3.63, 3.8) is 0 Å². The molecule has 2 atom stereocenters. The van der Waals surface area contributed by atoms with Gasteiger partial charge in [0.25, 0.3) is 5.91 Å². The maximum Gasteiger partial charge on any atom is 0.256 e. The lowest BCUT2D eigenvalue weighted by atomic mass is 10.0. The van der Waals surface area contributed by atoms with E-state index in [2.05, 4.69) is 22.4 Å². The van der Waals surface area contributed by atoms with Gasteiger partial charge in [-0.3, -0.25) is 10.2 Å². The Morgan fingerprint density at radius 3 is 2.97 bits per heavy atom. The Kier molecular flexibility index (Phi) is 5.70. The maximum absolute atomic E-state index is 13.6. The number of benzene rings is 2. The number of nitrogens with one attached hydrogen (secondary N) is 3. The third-order valence-corrected chi connectivity index (χ3v) is 5.69. The summed E-state index contributed by atoms with van der Waals surface area (Å²) in [5, 5.41) is 11.1. The van der Waals surface area contributed by atoms with Crippen molar-refractivity contribution in [2.45, 2.75) is 26.3 Å². The molecular formula is C23H26N6O2. The Morgan fingerprint density at radius 2 is 2.19 bits per heavy atom. The SMILES string of the molecule is COc1ccc2nc(C3C(C)CCN3C(=O)c3cc(C)ccc3N/N=C\C=N)[nH]c2c1. The van der Waals surface area contributed by atoms with Crippen LogP contribution in [0.1, 0.15) is 41.1 Å². The number of aryl methyl sites for hydroxylation is 1. The van der Waals surface area contributed by atoms with E-state index in [0.29, 0.717) is 17.8 Å². The number of rotatable bonds is 6. The molecule has 160 valence electrons. The Bertz CT molecular complexity index is 1150. The summed E-state index contributed by atoms with van der Waals surface area (Å²) in [6, 6.07) is 11.2. The number of aromatic amines is 1. The summed E-state index contributed by atoms with van der Waals surface area (Å²) >= 11 is 0. The fraction of sp³-hybridized carbons (Fsp3) is 0.304. The van der Waals surface area contributed by atoms with Gasteiger partial charge in [-0.15, -0.1) is 0 Å². The number of carbonyl (C=O) groups is 1. The molecule has 1 fully saturated rings. The van der Waals surface area contributed by atoms with E-state index in [-0.39, 0.29) is 17.9 Å². The van der Waals surface area contributed by atoms with Crippen molar-refractivity contribution >= 4 is 35.1 Å². The molecule has 31 heavy (non-hydrogen) atoms. The van der Waals surface area contributed by atoms with E-state index in [9.17, 15) is 4.79 Å². The number of imidazole rings is 1. The van der Waals surface area contributed by atoms with Crippen LogP contribution in [-0.4, -0.2) is 46.9 Å². The van der Waals surface area contributed by atoms with Crippen LogP contribution in [-0.2, 0) is 0 Å². The number of ether oxygens (including phenoxy) is 1. The smallest absolute Gasteiger partial charge is 0.256 e. The lowest BCUT2D eigenvalue weighted by molar-refractivity contribution is 0.0715. The monoisotopic (exact) mass is 418 g/mol. The Labute approximate surface area is 180 Å². The van der Waals surface area contributed by atoms with Gasteiger partial charge in [0.2, 0.25) is 0 Å². The molecule has 0 radical (unpaired) electrons. The zero-order valence-electron chi connectivity index (χ0n) is 17.8. The summed E-state index contributed by atoms with van der Waals surface area (Å²) in [5.41, 5.74) is 6.77. The van der Waals surface area contributed by atoms with E-state index < -0.39 is 0 Å². The van der Waals surface area contributed by atoms with E-state index in [4.69, 9.17) is 15.1 Å². The number of hydrogen-bond donors (Lipinski definition) is 3. The van der Waals surface area contributed by atoms with Crippen molar-refractivity contribution in [2.24, 2.45) is 11.0 Å². The molecule has 3 N–H and O–H groups in total. The molecule has 1 aliphatic rings. The highest BCUT2D eigenvalue weighted by Gasteiger charge is 2.38. The average molecular weight is 419 g/mol. The number of methoxy groups -OCH3 is 1. The number of anilines is 1. The van der Waals surface area contributed by atoms with Gasteiger partial charge >= 0.3 is 0 Å². The summed E-state index contributed by atoms with van der Waals surface area (Å²) in [5.74, 6) is 1.74. The second-order valence-electron chi connectivity index (χ2n) is 7.82. The molecule has 1 aromatic heterocycles. The first-order valence-electron chi connectivity index (χ1n) is 10.2. The maximum atomic E-state index is 13.6. The van der Waals surface area contributed by atoms with Crippen molar-refractivity contribution in [3.8, 4) is 5.75 Å². The molecule has 1 amide bonds. The Morgan fingerprint density at radius 1 is 1.35 bits per heavy atom. The number of nitrogens with zero attached hydrogens (tertiary/aromatic N) is 3. The predicted octanol–water partition coefficient (Wildman–Crippen LogP) is 4.15. The quantitative estimate of drug-likeness (QED) is 0.413. The molecule has 1 saturated heterocycles. The minimum Gasteiger partial charge on any atom is -0.497 e. The molecule has 3 aromatic rings. The topological polar surface area (TPSA) is 106 Å². The summed E-state index contributed by atoms with van der Waals surface area (Å²) in [6.45, 7) is 4.76. The first kappa shape index (κ1) is 20.6. The summed E-state index contributed by atoms with van der Waals surface area (Å²) in [7, 11) is 1.64. The number of aromatic nitrogens is 2. The van der Waals surface area contributed by atoms with Gasteiger partial charge in [0.05, 0.1) is 41.7 Å². The molecule has 2 unspecified atom stereocenters. The van der Waals surface area contributed by atoms with Crippen LogP contribution in [0.2, 0.25) is 0 Å². The zero-order chi connectivity index (χ0) is 22.0. The predicted molar refractivity (Wildman–Crippen MR) is 122 cm³/mol. The number of likely N-dealkylation sites (tertiary alicyclic amines) is 1. The highest BCUT2D eigenvalue weighted by Crippen LogP contribution is 2.38.